The monoisotopic (exact) mass is 323 g/mol. The summed E-state index contributed by atoms with van der Waals surface area (Å²) in [6.07, 6.45) is 0. The number of aromatic carboxylic acids is 1. The molecule has 0 aliphatic carbocycles. The van der Waals surface area contributed by atoms with Gasteiger partial charge in [0, 0.05) is 4.88 Å². The Kier molecular flexibility index (Phi) is 3.07. The van der Waals surface area contributed by atoms with Gasteiger partial charge in [-0.05, 0) is 24.3 Å². The molecule has 108 valence electrons. The van der Waals surface area contributed by atoms with Crippen molar-refractivity contribution >= 4 is 33.2 Å². The molecule has 1 amide bonds. The molecular formula is C13H9NO5S2. The molecule has 2 aromatic rings. The Morgan fingerprint density at radius 1 is 1.19 bits per heavy atom. The van der Waals surface area contributed by atoms with Crippen LogP contribution in [0.3, 0.4) is 0 Å². The van der Waals surface area contributed by atoms with Crippen LogP contribution in [0.15, 0.2) is 41.3 Å². The van der Waals surface area contributed by atoms with Gasteiger partial charge in [0.05, 0.1) is 12.1 Å². The third kappa shape index (κ3) is 2.12. The van der Waals surface area contributed by atoms with Crippen LogP contribution in [0.1, 0.15) is 24.9 Å². The van der Waals surface area contributed by atoms with Crippen LogP contribution in [0.4, 0.5) is 0 Å². The minimum absolute atomic E-state index is 0.00925. The Labute approximate surface area is 124 Å². The molecule has 8 heteroatoms. The highest BCUT2D eigenvalue weighted by Crippen LogP contribution is 2.32. The quantitative estimate of drug-likeness (QED) is 0.930. The number of nitrogens with zero attached hydrogens (tertiary/aromatic N) is 1. The van der Waals surface area contributed by atoms with Crippen molar-refractivity contribution in [2.45, 2.75) is 11.4 Å². The molecule has 0 unspecified atom stereocenters. The first-order valence-electron chi connectivity index (χ1n) is 5.89. The number of fused-ring (bicyclic) bond motifs is 1. The predicted molar refractivity (Wildman–Crippen MR) is 74.8 cm³/mol. The Bertz CT molecular complexity index is 853. The normalized spacial score (nSPS) is 16.0. The van der Waals surface area contributed by atoms with E-state index in [0.717, 1.165) is 15.6 Å². The van der Waals surface area contributed by atoms with E-state index in [0.29, 0.717) is 4.88 Å². The first-order valence-corrected chi connectivity index (χ1v) is 8.15. The smallest absolute Gasteiger partial charge is 0.345 e. The molecule has 0 radical (unpaired) electrons. The van der Waals surface area contributed by atoms with Gasteiger partial charge in [-0.3, -0.25) is 4.79 Å². The van der Waals surface area contributed by atoms with E-state index in [9.17, 15) is 18.0 Å². The highest BCUT2D eigenvalue weighted by atomic mass is 32.2. The van der Waals surface area contributed by atoms with E-state index in [1.807, 2.05) is 0 Å². The van der Waals surface area contributed by atoms with Gasteiger partial charge >= 0.3 is 5.97 Å². The first-order chi connectivity index (χ1) is 9.91. The van der Waals surface area contributed by atoms with Crippen molar-refractivity contribution in [3.8, 4) is 0 Å². The van der Waals surface area contributed by atoms with E-state index >= 15 is 0 Å². The molecule has 1 aromatic carbocycles. The molecule has 21 heavy (non-hydrogen) atoms. The zero-order valence-electron chi connectivity index (χ0n) is 10.5. The molecule has 1 aliphatic rings. The Morgan fingerprint density at radius 2 is 1.90 bits per heavy atom. The highest BCUT2D eigenvalue weighted by molar-refractivity contribution is 7.90. The zero-order chi connectivity index (χ0) is 15.2. The van der Waals surface area contributed by atoms with Crippen molar-refractivity contribution in [2.75, 3.05) is 0 Å². The van der Waals surface area contributed by atoms with Crippen LogP contribution in [0.2, 0.25) is 0 Å². The van der Waals surface area contributed by atoms with Gasteiger partial charge in [-0.25, -0.2) is 17.5 Å². The summed E-state index contributed by atoms with van der Waals surface area (Å²) in [7, 11) is -3.86. The lowest BCUT2D eigenvalue weighted by Crippen LogP contribution is -2.29. The lowest BCUT2D eigenvalue weighted by Gasteiger charge is -2.13. The van der Waals surface area contributed by atoms with Gasteiger partial charge in [0.25, 0.3) is 15.9 Å². The molecule has 6 nitrogen and oxygen atoms in total. The molecule has 0 fully saturated rings. The number of hydrogen-bond donors (Lipinski definition) is 1. The zero-order valence-corrected chi connectivity index (χ0v) is 12.1. The average Bonchev–Trinajstić information content (AvgIpc) is 2.98. The fourth-order valence-electron chi connectivity index (χ4n) is 2.11. The summed E-state index contributed by atoms with van der Waals surface area (Å²) >= 11 is 0.951. The van der Waals surface area contributed by atoms with Crippen molar-refractivity contribution in [3.63, 3.8) is 0 Å². The van der Waals surface area contributed by atoms with E-state index in [2.05, 4.69) is 0 Å². The maximum absolute atomic E-state index is 12.3. The van der Waals surface area contributed by atoms with Crippen molar-refractivity contribution in [1.82, 2.24) is 4.31 Å². The average molecular weight is 323 g/mol. The fourth-order valence-corrected chi connectivity index (χ4v) is 4.57. The number of hydrogen-bond acceptors (Lipinski definition) is 5. The van der Waals surface area contributed by atoms with Crippen LogP contribution in [-0.2, 0) is 16.6 Å². The Balaban J connectivity index is 1.97. The third-order valence-electron chi connectivity index (χ3n) is 3.08. The lowest BCUT2D eigenvalue weighted by molar-refractivity contribution is 0.0701. The third-order valence-corrected chi connectivity index (χ3v) is 5.93. The number of carboxylic acid groups (broad SMARTS) is 1. The molecule has 0 saturated carbocycles. The van der Waals surface area contributed by atoms with Crippen molar-refractivity contribution < 1.29 is 23.1 Å². The summed E-state index contributed by atoms with van der Waals surface area (Å²) in [5.41, 5.74) is 0.146. The largest absolute Gasteiger partial charge is 0.477 e. The fraction of sp³-hybridized carbons (Fsp3) is 0.0769. The second-order valence-corrected chi connectivity index (χ2v) is 7.38. The summed E-state index contributed by atoms with van der Waals surface area (Å²) in [6, 6.07) is 8.92. The number of thiophene rings is 1. The molecule has 0 atom stereocenters. The van der Waals surface area contributed by atoms with Crippen LogP contribution in [0.5, 0.6) is 0 Å². The van der Waals surface area contributed by atoms with Gasteiger partial charge in [0.1, 0.15) is 9.77 Å². The second-order valence-electron chi connectivity index (χ2n) is 4.38. The van der Waals surface area contributed by atoms with E-state index in [1.165, 1.54) is 24.3 Å². The molecule has 2 heterocycles. The molecular weight excluding hydrogens is 314 g/mol. The SMILES string of the molecule is O=C(O)c1ccc(CN2C(=O)c3ccccc3S2(=O)=O)s1. The summed E-state index contributed by atoms with van der Waals surface area (Å²) in [5, 5.41) is 8.87. The topological polar surface area (TPSA) is 91.8 Å². The molecule has 0 saturated heterocycles. The Hall–Kier alpha value is -2.19. The van der Waals surface area contributed by atoms with E-state index in [1.54, 1.807) is 12.1 Å². The van der Waals surface area contributed by atoms with E-state index < -0.39 is 21.9 Å². The first kappa shape index (κ1) is 13.8. The maximum atomic E-state index is 12.3. The van der Waals surface area contributed by atoms with Gasteiger partial charge in [-0.1, -0.05) is 12.1 Å². The minimum atomic E-state index is -3.86. The van der Waals surface area contributed by atoms with Crippen LogP contribution < -0.4 is 0 Å². The summed E-state index contributed by atoms with van der Waals surface area (Å²) in [4.78, 5) is 23.6. The van der Waals surface area contributed by atoms with Crippen LogP contribution in [-0.4, -0.2) is 29.7 Å². The number of benzene rings is 1. The number of carbonyl (C=O) groups excluding carboxylic acids is 1. The van der Waals surface area contributed by atoms with Crippen LogP contribution >= 0.6 is 11.3 Å². The van der Waals surface area contributed by atoms with Gasteiger partial charge in [-0.15, -0.1) is 11.3 Å². The standard InChI is InChI=1S/C13H9NO5S2/c15-12-9-3-1-2-4-11(9)21(18,19)14(12)7-8-5-6-10(20-8)13(16)17/h1-6H,7H2,(H,16,17). The summed E-state index contributed by atoms with van der Waals surface area (Å²) < 4.78 is 25.4. The number of sulfonamides is 1. The van der Waals surface area contributed by atoms with E-state index in [-0.39, 0.29) is 21.9 Å². The summed E-state index contributed by atoms with van der Waals surface area (Å²) in [5.74, 6) is -1.67. The van der Waals surface area contributed by atoms with Gasteiger partial charge in [0.2, 0.25) is 0 Å². The minimum Gasteiger partial charge on any atom is -0.477 e. The van der Waals surface area contributed by atoms with Crippen LogP contribution in [0, 0.1) is 0 Å². The number of rotatable bonds is 3. The molecule has 0 bridgehead atoms. The molecule has 3 rings (SSSR count). The summed E-state index contributed by atoms with van der Waals surface area (Å²) in [6.45, 7) is -0.159. The lowest BCUT2D eigenvalue weighted by atomic mass is 10.2. The Morgan fingerprint density at radius 3 is 2.52 bits per heavy atom. The van der Waals surface area contributed by atoms with Crippen molar-refractivity contribution in [2.24, 2.45) is 0 Å². The van der Waals surface area contributed by atoms with Crippen molar-refractivity contribution in [1.29, 1.82) is 0 Å². The molecule has 1 aromatic heterocycles. The maximum Gasteiger partial charge on any atom is 0.345 e. The van der Waals surface area contributed by atoms with Gasteiger partial charge < -0.3 is 5.11 Å². The molecule has 1 N–H and O–H groups in total. The highest BCUT2D eigenvalue weighted by Gasteiger charge is 2.40. The van der Waals surface area contributed by atoms with Gasteiger partial charge in [0.15, 0.2) is 0 Å². The molecule has 0 spiro atoms. The number of carbonyl (C=O) groups is 2. The van der Waals surface area contributed by atoms with E-state index in [4.69, 9.17) is 5.11 Å². The second kappa shape index (κ2) is 4.68. The number of carboxylic acids is 1. The van der Waals surface area contributed by atoms with Crippen LogP contribution in [0.25, 0.3) is 0 Å². The molecule has 1 aliphatic heterocycles. The predicted octanol–water partition coefficient (Wildman–Crippen LogP) is 1.79. The van der Waals surface area contributed by atoms with Crippen molar-refractivity contribution in [3.05, 3.63) is 51.7 Å². The number of amides is 1. The van der Waals surface area contributed by atoms with Gasteiger partial charge in [-0.2, -0.15) is 0 Å².